The van der Waals surface area contributed by atoms with Crippen LogP contribution in [0.2, 0.25) is 0 Å². The first-order chi connectivity index (χ1) is 8.63. The maximum absolute atomic E-state index is 13.5. The molecule has 2 N–H and O–H groups in total. The molecule has 0 aliphatic rings. The van der Waals surface area contributed by atoms with Crippen molar-refractivity contribution >= 4 is 0 Å². The van der Waals surface area contributed by atoms with Gasteiger partial charge in [-0.3, -0.25) is 0 Å². The second-order valence-electron chi connectivity index (χ2n) is 4.08. The lowest BCUT2D eigenvalue weighted by Gasteiger charge is -2.09. The first kappa shape index (κ1) is 12.6. The molecule has 0 aliphatic carbocycles. The molecular weight excluding hydrogens is 233 g/mol. The van der Waals surface area contributed by atoms with E-state index in [1.165, 1.54) is 6.07 Å². The number of rotatable bonds is 4. The smallest absolute Gasteiger partial charge is 0.216 e. The van der Waals surface area contributed by atoms with Crippen molar-refractivity contribution in [3.05, 3.63) is 46.9 Å². The van der Waals surface area contributed by atoms with E-state index < -0.39 is 0 Å². The Kier molecular flexibility index (Phi) is 3.62. The van der Waals surface area contributed by atoms with E-state index in [-0.39, 0.29) is 12.4 Å². The van der Waals surface area contributed by atoms with Crippen LogP contribution in [0.3, 0.4) is 0 Å². The molecule has 2 aromatic rings. The zero-order chi connectivity index (χ0) is 13.1. The molecule has 0 saturated carbocycles. The fourth-order valence-electron chi connectivity index (χ4n) is 1.86. The van der Waals surface area contributed by atoms with Crippen molar-refractivity contribution in [3.8, 4) is 5.88 Å². The Morgan fingerprint density at radius 2 is 2.11 bits per heavy atom. The highest BCUT2D eigenvalue weighted by Crippen LogP contribution is 2.22. The summed E-state index contributed by atoms with van der Waals surface area (Å²) in [7, 11) is 1.78. The summed E-state index contributed by atoms with van der Waals surface area (Å²) in [6.45, 7) is 2.39. The van der Waals surface area contributed by atoms with Crippen LogP contribution in [0.5, 0.6) is 5.88 Å². The normalized spacial score (nSPS) is 10.7. The largest absolute Gasteiger partial charge is 0.473 e. The van der Waals surface area contributed by atoms with Gasteiger partial charge in [-0.15, -0.1) is 0 Å². The Labute approximate surface area is 105 Å². The van der Waals surface area contributed by atoms with Crippen molar-refractivity contribution < 1.29 is 9.13 Å². The molecule has 1 aromatic carbocycles. The molecule has 18 heavy (non-hydrogen) atoms. The lowest BCUT2D eigenvalue weighted by molar-refractivity contribution is 0.271. The molecule has 0 aliphatic heterocycles. The van der Waals surface area contributed by atoms with Crippen LogP contribution in [-0.4, -0.2) is 9.78 Å². The summed E-state index contributed by atoms with van der Waals surface area (Å²) in [5.74, 6) is 0.323. The second kappa shape index (κ2) is 5.18. The SMILES string of the molecule is Cc1nn(C)c(OCc2ccccc2F)c1CN. The van der Waals surface area contributed by atoms with Crippen molar-refractivity contribution in [3.63, 3.8) is 0 Å². The summed E-state index contributed by atoms with van der Waals surface area (Å²) in [5.41, 5.74) is 7.86. The maximum atomic E-state index is 13.5. The minimum absolute atomic E-state index is 0.165. The van der Waals surface area contributed by atoms with Crippen molar-refractivity contribution in [1.29, 1.82) is 0 Å². The first-order valence-electron chi connectivity index (χ1n) is 5.72. The molecule has 0 saturated heterocycles. The van der Waals surface area contributed by atoms with Crippen molar-refractivity contribution in [1.82, 2.24) is 9.78 Å². The molecule has 0 bridgehead atoms. The van der Waals surface area contributed by atoms with Gasteiger partial charge in [-0.25, -0.2) is 9.07 Å². The number of aromatic nitrogens is 2. The number of benzene rings is 1. The minimum atomic E-state index is -0.273. The van der Waals surface area contributed by atoms with Crippen LogP contribution < -0.4 is 10.5 Å². The Morgan fingerprint density at radius 3 is 2.78 bits per heavy atom. The van der Waals surface area contributed by atoms with Crippen LogP contribution >= 0.6 is 0 Å². The van der Waals surface area contributed by atoms with E-state index in [0.29, 0.717) is 18.0 Å². The fraction of sp³-hybridized carbons (Fsp3) is 0.308. The molecule has 0 atom stereocenters. The summed E-state index contributed by atoms with van der Waals surface area (Å²) in [4.78, 5) is 0. The van der Waals surface area contributed by atoms with Crippen molar-refractivity contribution in [2.75, 3.05) is 0 Å². The van der Waals surface area contributed by atoms with E-state index in [0.717, 1.165) is 11.3 Å². The Bertz CT molecular complexity index is 551. The van der Waals surface area contributed by atoms with Crippen LogP contribution in [0.15, 0.2) is 24.3 Å². The van der Waals surface area contributed by atoms with Crippen LogP contribution in [0.1, 0.15) is 16.8 Å². The Hall–Kier alpha value is -1.88. The predicted octanol–water partition coefficient (Wildman–Crippen LogP) is 1.91. The van der Waals surface area contributed by atoms with Gasteiger partial charge in [0.05, 0.1) is 11.3 Å². The van der Waals surface area contributed by atoms with Crippen LogP contribution in [-0.2, 0) is 20.2 Å². The van der Waals surface area contributed by atoms with E-state index in [2.05, 4.69) is 5.10 Å². The van der Waals surface area contributed by atoms with Crippen molar-refractivity contribution in [2.45, 2.75) is 20.1 Å². The molecule has 2 rings (SSSR count). The van der Waals surface area contributed by atoms with Gasteiger partial charge in [0.2, 0.25) is 5.88 Å². The molecule has 0 radical (unpaired) electrons. The zero-order valence-corrected chi connectivity index (χ0v) is 10.5. The number of halogens is 1. The van der Waals surface area contributed by atoms with Gasteiger partial charge in [0.1, 0.15) is 12.4 Å². The molecule has 0 unspecified atom stereocenters. The molecular formula is C13H16FN3O. The predicted molar refractivity (Wildman–Crippen MR) is 66.6 cm³/mol. The third-order valence-corrected chi connectivity index (χ3v) is 2.82. The molecule has 1 aromatic heterocycles. The standard InChI is InChI=1S/C13H16FN3O/c1-9-11(7-15)13(17(2)16-9)18-8-10-5-3-4-6-12(10)14/h3-6H,7-8,15H2,1-2H3. The summed E-state index contributed by atoms with van der Waals surface area (Å²) in [6.07, 6.45) is 0. The molecule has 0 amide bonds. The summed E-state index contributed by atoms with van der Waals surface area (Å²) in [6, 6.07) is 6.54. The molecule has 0 fully saturated rings. The third-order valence-electron chi connectivity index (χ3n) is 2.82. The average Bonchev–Trinajstić information content (AvgIpc) is 2.62. The maximum Gasteiger partial charge on any atom is 0.216 e. The van der Waals surface area contributed by atoms with Gasteiger partial charge >= 0.3 is 0 Å². The van der Waals surface area contributed by atoms with Gasteiger partial charge in [0.25, 0.3) is 0 Å². The third kappa shape index (κ3) is 2.36. The average molecular weight is 249 g/mol. The molecule has 0 spiro atoms. The summed E-state index contributed by atoms with van der Waals surface area (Å²) < 4.78 is 20.7. The number of aryl methyl sites for hydroxylation is 2. The van der Waals surface area contributed by atoms with Crippen LogP contribution in [0.4, 0.5) is 4.39 Å². The van der Waals surface area contributed by atoms with Gasteiger partial charge in [0, 0.05) is 19.2 Å². The molecule has 5 heteroatoms. The molecule has 96 valence electrons. The zero-order valence-electron chi connectivity index (χ0n) is 10.5. The lowest BCUT2D eigenvalue weighted by atomic mass is 10.2. The van der Waals surface area contributed by atoms with Gasteiger partial charge in [-0.05, 0) is 13.0 Å². The van der Waals surface area contributed by atoms with Gasteiger partial charge in [0.15, 0.2) is 0 Å². The highest BCUT2D eigenvalue weighted by Gasteiger charge is 2.13. The first-order valence-corrected chi connectivity index (χ1v) is 5.72. The topological polar surface area (TPSA) is 53.1 Å². The fourth-order valence-corrected chi connectivity index (χ4v) is 1.86. The lowest BCUT2D eigenvalue weighted by Crippen LogP contribution is -2.06. The number of ether oxygens (including phenoxy) is 1. The number of nitrogens with two attached hydrogens (primary N) is 1. The minimum Gasteiger partial charge on any atom is -0.473 e. The van der Waals surface area contributed by atoms with E-state index >= 15 is 0 Å². The quantitative estimate of drug-likeness (QED) is 0.900. The van der Waals surface area contributed by atoms with E-state index in [1.807, 2.05) is 6.92 Å². The van der Waals surface area contributed by atoms with Gasteiger partial charge in [-0.2, -0.15) is 5.10 Å². The Morgan fingerprint density at radius 1 is 1.39 bits per heavy atom. The van der Waals surface area contributed by atoms with E-state index in [9.17, 15) is 4.39 Å². The number of hydrogen-bond donors (Lipinski definition) is 1. The summed E-state index contributed by atoms with van der Waals surface area (Å²) >= 11 is 0. The monoisotopic (exact) mass is 249 g/mol. The molecule has 1 heterocycles. The van der Waals surface area contributed by atoms with E-state index in [4.69, 9.17) is 10.5 Å². The van der Waals surface area contributed by atoms with Crippen molar-refractivity contribution in [2.24, 2.45) is 12.8 Å². The van der Waals surface area contributed by atoms with Crippen LogP contribution in [0.25, 0.3) is 0 Å². The highest BCUT2D eigenvalue weighted by molar-refractivity contribution is 5.31. The number of nitrogens with zero attached hydrogens (tertiary/aromatic N) is 2. The second-order valence-corrected chi connectivity index (χ2v) is 4.08. The van der Waals surface area contributed by atoms with Crippen LogP contribution in [0, 0.1) is 12.7 Å². The Balaban J connectivity index is 2.18. The van der Waals surface area contributed by atoms with Gasteiger partial charge < -0.3 is 10.5 Å². The number of hydrogen-bond acceptors (Lipinski definition) is 3. The van der Waals surface area contributed by atoms with E-state index in [1.54, 1.807) is 29.9 Å². The summed E-state index contributed by atoms with van der Waals surface area (Å²) in [5, 5.41) is 4.23. The molecule has 4 nitrogen and oxygen atoms in total. The van der Waals surface area contributed by atoms with Gasteiger partial charge in [-0.1, -0.05) is 18.2 Å². The highest BCUT2D eigenvalue weighted by atomic mass is 19.1.